The lowest BCUT2D eigenvalue weighted by atomic mass is 9.95. The molecule has 5 rings (SSSR count). The maximum atomic E-state index is 4.82. The minimum absolute atomic E-state index is 0.427. The van der Waals surface area contributed by atoms with Crippen LogP contribution in [0.5, 0.6) is 0 Å². The molecular formula is C29H46N10. The molecule has 3 heterocycles. The van der Waals surface area contributed by atoms with Gasteiger partial charge in [-0.25, -0.2) is 4.98 Å². The van der Waals surface area contributed by atoms with E-state index in [1.807, 2.05) is 29.1 Å². The van der Waals surface area contributed by atoms with Crippen molar-refractivity contribution in [2.75, 3.05) is 43.4 Å². The van der Waals surface area contributed by atoms with Crippen LogP contribution in [0.4, 0.5) is 11.8 Å². The van der Waals surface area contributed by atoms with E-state index in [-0.39, 0.29) is 0 Å². The first-order valence-corrected chi connectivity index (χ1v) is 15.1. The summed E-state index contributed by atoms with van der Waals surface area (Å²) in [5.41, 5.74) is 1.83. The number of benzene rings is 1. The van der Waals surface area contributed by atoms with Gasteiger partial charge in [-0.3, -0.25) is 4.68 Å². The quantitative estimate of drug-likeness (QED) is 0.186. The number of unbranched alkanes of at least 4 members (excludes halogenated alkanes) is 1. The highest BCUT2D eigenvalue weighted by Crippen LogP contribution is 2.24. The first-order valence-electron chi connectivity index (χ1n) is 15.1. The number of piperidine rings is 1. The van der Waals surface area contributed by atoms with Crippen molar-refractivity contribution in [1.82, 2.24) is 40.9 Å². The molecule has 10 heteroatoms. The zero-order chi connectivity index (χ0) is 26.5. The number of anilines is 2. The van der Waals surface area contributed by atoms with Crippen molar-refractivity contribution >= 4 is 22.7 Å². The first kappa shape index (κ1) is 27.7. The lowest BCUT2D eigenvalue weighted by Gasteiger charge is -2.25. The molecule has 1 saturated carbocycles. The molecule has 1 aromatic carbocycles. The third-order valence-corrected chi connectivity index (χ3v) is 7.86. The van der Waals surface area contributed by atoms with Crippen molar-refractivity contribution in [1.29, 1.82) is 0 Å². The summed E-state index contributed by atoms with van der Waals surface area (Å²) in [6, 6.07) is 9.37. The highest BCUT2D eigenvalue weighted by Gasteiger charge is 2.16. The number of fused-ring (bicyclic) bond motifs is 1. The Morgan fingerprint density at radius 3 is 2.62 bits per heavy atom. The van der Waals surface area contributed by atoms with Crippen LogP contribution < -0.4 is 26.6 Å². The number of para-hydroxylation sites is 1. The number of rotatable bonds is 15. The molecule has 2 fully saturated rings. The summed E-state index contributed by atoms with van der Waals surface area (Å²) in [4.78, 5) is 9.55. The van der Waals surface area contributed by atoms with Crippen molar-refractivity contribution in [2.45, 2.75) is 89.4 Å². The van der Waals surface area contributed by atoms with E-state index < -0.39 is 0 Å². The number of hydrogen-bond acceptors (Lipinski definition) is 9. The summed E-state index contributed by atoms with van der Waals surface area (Å²) in [5, 5.41) is 27.5. The maximum absolute atomic E-state index is 4.82. The summed E-state index contributed by atoms with van der Waals surface area (Å²) in [7, 11) is 0. The fraction of sp³-hybridized carbons (Fsp3) is 0.655. The van der Waals surface area contributed by atoms with Gasteiger partial charge in [-0.05, 0) is 89.8 Å². The van der Waals surface area contributed by atoms with Crippen molar-refractivity contribution in [2.24, 2.45) is 0 Å². The topological polar surface area (TPSA) is 117 Å². The van der Waals surface area contributed by atoms with Crippen LogP contribution >= 0.6 is 0 Å². The highest BCUT2D eigenvalue weighted by atomic mass is 15.4. The Morgan fingerprint density at radius 1 is 0.872 bits per heavy atom. The minimum atomic E-state index is 0.427. The Labute approximate surface area is 232 Å². The molecule has 39 heavy (non-hydrogen) atoms. The second-order valence-corrected chi connectivity index (χ2v) is 11.0. The Bertz CT molecular complexity index is 1120. The molecule has 0 radical (unpaired) electrons. The van der Waals surface area contributed by atoms with Crippen LogP contribution in [-0.4, -0.2) is 69.8 Å². The van der Waals surface area contributed by atoms with Crippen LogP contribution in [-0.2, 0) is 13.1 Å². The zero-order valence-corrected chi connectivity index (χ0v) is 23.3. The summed E-state index contributed by atoms with van der Waals surface area (Å²) in [6.07, 6.45) is 14.6. The summed E-state index contributed by atoms with van der Waals surface area (Å²) < 4.78 is 1.94. The lowest BCUT2D eigenvalue weighted by molar-refractivity contribution is 0.371. The Hall–Kier alpha value is -2.82. The minimum Gasteiger partial charge on any atom is -0.367 e. The van der Waals surface area contributed by atoms with Crippen LogP contribution in [0.1, 0.15) is 69.9 Å². The van der Waals surface area contributed by atoms with Crippen LogP contribution in [0.2, 0.25) is 0 Å². The number of nitrogens with zero attached hydrogens (tertiary/aromatic N) is 5. The Balaban J connectivity index is 1.00. The molecule has 1 aliphatic carbocycles. The number of nitrogens with one attached hydrogen (secondary N) is 5. The van der Waals surface area contributed by atoms with E-state index in [0.29, 0.717) is 18.5 Å². The van der Waals surface area contributed by atoms with E-state index in [4.69, 9.17) is 9.97 Å². The van der Waals surface area contributed by atoms with Crippen molar-refractivity contribution in [3.63, 3.8) is 0 Å². The monoisotopic (exact) mass is 534 g/mol. The van der Waals surface area contributed by atoms with Gasteiger partial charge in [0, 0.05) is 24.0 Å². The summed E-state index contributed by atoms with van der Waals surface area (Å²) in [6.45, 7) is 6.78. The van der Waals surface area contributed by atoms with Gasteiger partial charge in [0.25, 0.3) is 0 Å². The molecule has 2 aliphatic rings. The van der Waals surface area contributed by atoms with Gasteiger partial charge in [0.05, 0.1) is 18.3 Å². The Morgan fingerprint density at radius 2 is 1.72 bits per heavy atom. The fourth-order valence-corrected chi connectivity index (χ4v) is 5.60. The molecule has 10 nitrogen and oxygen atoms in total. The van der Waals surface area contributed by atoms with E-state index in [2.05, 4.69) is 43.0 Å². The normalized spacial score (nSPS) is 17.0. The molecule has 0 bridgehead atoms. The molecule has 2 aromatic heterocycles. The predicted octanol–water partition coefficient (Wildman–Crippen LogP) is 3.68. The first-order chi connectivity index (χ1) is 19.3. The highest BCUT2D eigenvalue weighted by molar-refractivity contribution is 5.90. The molecule has 5 N–H and O–H groups in total. The third kappa shape index (κ3) is 8.84. The van der Waals surface area contributed by atoms with E-state index in [1.165, 1.54) is 38.5 Å². The molecule has 0 unspecified atom stereocenters. The maximum Gasteiger partial charge on any atom is 0.225 e. The van der Waals surface area contributed by atoms with E-state index in [1.54, 1.807) is 0 Å². The number of aryl methyl sites for hydroxylation is 1. The Kier molecular flexibility index (Phi) is 10.7. The van der Waals surface area contributed by atoms with Gasteiger partial charge < -0.3 is 26.6 Å². The fourth-order valence-electron chi connectivity index (χ4n) is 5.60. The van der Waals surface area contributed by atoms with E-state index >= 15 is 0 Å². The van der Waals surface area contributed by atoms with Gasteiger partial charge in [-0.1, -0.05) is 36.6 Å². The van der Waals surface area contributed by atoms with Gasteiger partial charge >= 0.3 is 0 Å². The van der Waals surface area contributed by atoms with Crippen LogP contribution in [0, 0.1) is 0 Å². The number of aromatic nitrogens is 5. The molecule has 1 aliphatic heterocycles. The molecule has 1 saturated heterocycles. The van der Waals surface area contributed by atoms with Crippen molar-refractivity contribution < 1.29 is 0 Å². The second-order valence-electron chi connectivity index (χ2n) is 11.0. The SMILES string of the molecule is c1ccc2c(NC3CCNCC3)nc(NCc3cn(CCCCNCCCNC4CCCCC4)nn3)nc2c1. The second kappa shape index (κ2) is 15.1. The van der Waals surface area contributed by atoms with Crippen molar-refractivity contribution in [3.05, 3.63) is 36.2 Å². The van der Waals surface area contributed by atoms with Crippen LogP contribution in [0.25, 0.3) is 10.9 Å². The van der Waals surface area contributed by atoms with Crippen molar-refractivity contribution in [3.8, 4) is 0 Å². The van der Waals surface area contributed by atoms with Gasteiger partial charge in [-0.15, -0.1) is 5.10 Å². The summed E-state index contributed by atoms with van der Waals surface area (Å²) >= 11 is 0. The largest absolute Gasteiger partial charge is 0.367 e. The molecule has 0 spiro atoms. The predicted molar refractivity (Wildman–Crippen MR) is 158 cm³/mol. The van der Waals surface area contributed by atoms with Gasteiger partial charge in [0.15, 0.2) is 0 Å². The molecule has 3 aromatic rings. The lowest BCUT2D eigenvalue weighted by Crippen LogP contribution is -2.35. The van der Waals surface area contributed by atoms with Gasteiger partial charge in [0.1, 0.15) is 11.5 Å². The molecule has 0 atom stereocenters. The van der Waals surface area contributed by atoms with E-state index in [9.17, 15) is 0 Å². The smallest absolute Gasteiger partial charge is 0.225 e. The molecule has 212 valence electrons. The van der Waals surface area contributed by atoms with Gasteiger partial charge in [-0.2, -0.15) is 4.98 Å². The molecule has 0 amide bonds. The van der Waals surface area contributed by atoms with Gasteiger partial charge in [0.2, 0.25) is 5.95 Å². The zero-order valence-electron chi connectivity index (χ0n) is 23.3. The van der Waals surface area contributed by atoms with Crippen LogP contribution in [0.3, 0.4) is 0 Å². The standard InChI is InChI=1S/C29H46N10/c1-2-9-23(10-3-1)32-17-8-16-30-15-6-7-20-39-22-25(37-38-39)21-33-29-35-27-12-5-4-11-26(27)28(36-29)34-24-13-18-31-19-14-24/h4-5,11-12,22-24,30-32H,1-3,6-10,13-21H2,(H2,33,34,35,36). The third-order valence-electron chi connectivity index (χ3n) is 7.86. The molecular weight excluding hydrogens is 488 g/mol. The summed E-state index contributed by atoms with van der Waals surface area (Å²) in [5.74, 6) is 1.51. The number of hydrogen-bond donors (Lipinski definition) is 5. The average molecular weight is 535 g/mol. The van der Waals surface area contributed by atoms with Crippen LogP contribution in [0.15, 0.2) is 30.5 Å². The average Bonchev–Trinajstić information content (AvgIpc) is 3.44. The van der Waals surface area contributed by atoms with E-state index in [0.717, 1.165) is 93.4 Å².